The third-order valence-electron chi connectivity index (χ3n) is 5.38. The summed E-state index contributed by atoms with van der Waals surface area (Å²) in [5.74, 6) is -0.241. The number of benzene rings is 2. The van der Waals surface area contributed by atoms with Gasteiger partial charge in [-0.05, 0) is 42.5 Å². The van der Waals surface area contributed by atoms with Gasteiger partial charge in [-0.25, -0.2) is 0 Å². The van der Waals surface area contributed by atoms with Crippen molar-refractivity contribution < 1.29 is 9.59 Å². The van der Waals surface area contributed by atoms with Crippen molar-refractivity contribution in [2.24, 2.45) is 5.92 Å². The number of amides is 2. The zero-order chi connectivity index (χ0) is 19.7. The van der Waals surface area contributed by atoms with Crippen LogP contribution in [0.4, 0.5) is 11.4 Å². The molecule has 0 aromatic heterocycles. The number of carbonyl (C=O) groups excluding carboxylic acids is 2. The smallest absolute Gasteiger partial charge is 0.228 e. The third kappa shape index (κ3) is 3.96. The van der Waals surface area contributed by atoms with E-state index in [2.05, 4.69) is 4.90 Å². The van der Waals surface area contributed by atoms with E-state index in [-0.39, 0.29) is 24.2 Å². The fourth-order valence-electron chi connectivity index (χ4n) is 3.86. The zero-order valence-electron chi connectivity index (χ0n) is 15.4. The predicted molar refractivity (Wildman–Crippen MR) is 112 cm³/mol. The number of halogens is 2. The van der Waals surface area contributed by atoms with Crippen molar-refractivity contribution in [3.8, 4) is 0 Å². The Kier molecular flexibility index (Phi) is 5.47. The molecule has 5 nitrogen and oxygen atoms in total. The van der Waals surface area contributed by atoms with Gasteiger partial charge in [0, 0.05) is 60.6 Å². The molecule has 2 aliphatic rings. The number of hydrogen-bond acceptors (Lipinski definition) is 3. The molecule has 2 aromatic carbocycles. The molecule has 1 atom stereocenters. The molecule has 7 heteroatoms. The van der Waals surface area contributed by atoms with E-state index in [0.717, 1.165) is 24.5 Å². The van der Waals surface area contributed by atoms with E-state index in [0.29, 0.717) is 29.7 Å². The molecule has 2 aromatic rings. The maximum atomic E-state index is 13.0. The van der Waals surface area contributed by atoms with Gasteiger partial charge < -0.3 is 14.7 Å². The average Bonchev–Trinajstić information content (AvgIpc) is 3.10. The SMILES string of the molecule is O=C([C@H]1CC(=O)N(c2ccc(Cl)cc2)C1)N1CCN(c2cccc(Cl)c2)CC1. The summed E-state index contributed by atoms with van der Waals surface area (Å²) in [4.78, 5) is 31.2. The van der Waals surface area contributed by atoms with Gasteiger partial charge in [-0.2, -0.15) is 0 Å². The lowest BCUT2D eigenvalue weighted by atomic mass is 10.1. The van der Waals surface area contributed by atoms with Crippen LogP contribution < -0.4 is 9.80 Å². The number of nitrogens with zero attached hydrogens (tertiary/aromatic N) is 3. The molecule has 28 heavy (non-hydrogen) atoms. The molecular weight excluding hydrogens is 397 g/mol. The van der Waals surface area contributed by atoms with E-state index < -0.39 is 0 Å². The number of hydrogen-bond donors (Lipinski definition) is 0. The van der Waals surface area contributed by atoms with Crippen molar-refractivity contribution in [2.45, 2.75) is 6.42 Å². The van der Waals surface area contributed by atoms with Gasteiger partial charge in [-0.3, -0.25) is 9.59 Å². The van der Waals surface area contributed by atoms with E-state index in [9.17, 15) is 9.59 Å². The minimum atomic E-state index is -0.291. The van der Waals surface area contributed by atoms with Gasteiger partial charge in [0.25, 0.3) is 0 Å². The van der Waals surface area contributed by atoms with Crippen LogP contribution in [0.1, 0.15) is 6.42 Å². The number of carbonyl (C=O) groups is 2. The molecule has 2 fully saturated rings. The molecule has 4 rings (SSSR count). The Balaban J connectivity index is 1.36. The van der Waals surface area contributed by atoms with E-state index in [1.165, 1.54) is 0 Å². The topological polar surface area (TPSA) is 43.9 Å². The van der Waals surface area contributed by atoms with E-state index in [1.807, 2.05) is 41.3 Å². The van der Waals surface area contributed by atoms with Gasteiger partial charge >= 0.3 is 0 Å². The van der Waals surface area contributed by atoms with Crippen molar-refractivity contribution in [1.29, 1.82) is 0 Å². The van der Waals surface area contributed by atoms with Crippen molar-refractivity contribution >= 4 is 46.4 Å². The Labute approximate surface area is 174 Å². The first-order chi connectivity index (χ1) is 13.5. The molecule has 2 heterocycles. The lowest BCUT2D eigenvalue weighted by Crippen LogP contribution is -2.50. The van der Waals surface area contributed by atoms with Crippen LogP contribution in [0, 0.1) is 5.92 Å². The highest BCUT2D eigenvalue weighted by molar-refractivity contribution is 6.31. The molecule has 0 radical (unpaired) electrons. The quantitative estimate of drug-likeness (QED) is 0.764. The van der Waals surface area contributed by atoms with Gasteiger partial charge in [0.2, 0.25) is 11.8 Å². The highest BCUT2D eigenvalue weighted by Gasteiger charge is 2.37. The molecule has 146 valence electrons. The second kappa shape index (κ2) is 8.02. The maximum absolute atomic E-state index is 13.0. The summed E-state index contributed by atoms with van der Waals surface area (Å²) in [5.41, 5.74) is 1.86. The van der Waals surface area contributed by atoms with Crippen LogP contribution in [-0.2, 0) is 9.59 Å². The Morgan fingerprint density at radius 1 is 0.893 bits per heavy atom. The molecule has 0 spiro atoms. The van der Waals surface area contributed by atoms with Crippen LogP contribution in [0.15, 0.2) is 48.5 Å². The van der Waals surface area contributed by atoms with Crippen molar-refractivity contribution in [3.05, 3.63) is 58.6 Å². The number of piperazine rings is 1. The minimum Gasteiger partial charge on any atom is -0.368 e. The average molecular weight is 418 g/mol. The van der Waals surface area contributed by atoms with Gasteiger partial charge in [0.15, 0.2) is 0 Å². The van der Waals surface area contributed by atoms with Gasteiger partial charge in [-0.1, -0.05) is 29.3 Å². The largest absolute Gasteiger partial charge is 0.368 e. The van der Waals surface area contributed by atoms with Gasteiger partial charge in [0.05, 0.1) is 5.92 Å². The van der Waals surface area contributed by atoms with Crippen molar-refractivity contribution in [3.63, 3.8) is 0 Å². The summed E-state index contributed by atoms with van der Waals surface area (Å²) in [6.07, 6.45) is 0.260. The highest BCUT2D eigenvalue weighted by atomic mass is 35.5. The molecule has 0 bridgehead atoms. The number of rotatable bonds is 3. The minimum absolute atomic E-state index is 0.0155. The first-order valence-corrected chi connectivity index (χ1v) is 10.1. The third-order valence-corrected chi connectivity index (χ3v) is 5.86. The molecule has 0 aliphatic carbocycles. The van der Waals surface area contributed by atoms with Crippen molar-refractivity contribution in [2.75, 3.05) is 42.5 Å². The van der Waals surface area contributed by atoms with E-state index in [1.54, 1.807) is 17.0 Å². The highest BCUT2D eigenvalue weighted by Crippen LogP contribution is 2.28. The monoisotopic (exact) mass is 417 g/mol. The van der Waals surface area contributed by atoms with Crippen LogP contribution in [0.3, 0.4) is 0 Å². The Hall–Kier alpha value is -2.24. The molecule has 0 unspecified atom stereocenters. The van der Waals surface area contributed by atoms with E-state index >= 15 is 0 Å². The second-order valence-electron chi connectivity index (χ2n) is 7.17. The lowest BCUT2D eigenvalue weighted by Gasteiger charge is -2.37. The molecular formula is C21H21Cl2N3O2. The first-order valence-electron chi connectivity index (χ1n) is 9.36. The van der Waals surface area contributed by atoms with Crippen LogP contribution in [-0.4, -0.2) is 49.4 Å². The van der Waals surface area contributed by atoms with E-state index in [4.69, 9.17) is 23.2 Å². The molecule has 0 saturated carbocycles. The Bertz CT molecular complexity index is 879. The lowest BCUT2D eigenvalue weighted by molar-refractivity contribution is -0.136. The summed E-state index contributed by atoms with van der Waals surface area (Å²) in [6.45, 7) is 3.24. The standard InChI is InChI=1S/C21H21Cl2N3O2/c22-16-4-6-18(7-5-16)26-14-15(12-20(26)27)21(28)25-10-8-24(9-11-25)19-3-1-2-17(23)13-19/h1-7,13,15H,8-12,14H2/t15-/m0/s1. The molecule has 2 saturated heterocycles. The predicted octanol–water partition coefficient (Wildman–Crippen LogP) is 3.70. The normalized spacial score (nSPS) is 20.0. The van der Waals surface area contributed by atoms with Crippen LogP contribution >= 0.6 is 23.2 Å². The van der Waals surface area contributed by atoms with Crippen LogP contribution in [0.5, 0.6) is 0 Å². The maximum Gasteiger partial charge on any atom is 0.228 e. The molecule has 2 aliphatic heterocycles. The zero-order valence-corrected chi connectivity index (χ0v) is 16.9. The van der Waals surface area contributed by atoms with Crippen molar-refractivity contribution in [1.82, 2.24) is 4.90 Å². The fraction of sp³-hybridized carbons (Fsp3) is 0.333. The summed E-state index contributed by atoms with van der Waals surface area (Å²) in [7, 11) is 0. The summed E-state index contributed by atoms with van der Waals surface area (Å²) in [5, 5.41) is 1.34. The Morgan fingerprint density at radius 3 is 2.29 bits per heavy atom. The van der Waals surface area contributed by atoms with Crippen LogP contribution in [0.25, 0.3) is 0 Å². The molecule has 0 N–H and O–H groups in total. The first kappa shape index (κ1) is 19.1. The van der Waals surface area contributed by atoms with Gasteiger partial charge in [-0.15, -0.1) is 0 Å². The number of anilines is 2. The molecule has 2 amide bonds. The fourth-order valence-corrected chi connectivity index (χ4v) is 4.17. The van der Waals surface area contributed by atoms with Crippen LogP contribution in [0.2, 0.25) is 10.0 Å². The summed E-state index contributed by atoms with van der Waals surface area (Å²) >= 11 is 12.0. The summed E-state index contributed by atoms with van der Waals surface area (Å²) < 4.78 is 0. The Morgan fingerprint density at radius 2 is 1.61 bits per heavy atom. The van der Waals surface area contributed by atoms with Gasteiger partial charge in [0.1, 0.15) is 0 Å². The second-order valence-corrected chi connectivity index (χ2v) is 8.05. The summed E-state index contributed by atoms with van der Waals surface area (Å²) in [6, 6.07) is 14.9.